The predicted molar refractivity (Wildman–Crippen MR) is 145 cm³/mol. The minimum atomic E-state index is 0.0381. The molecule has 0 aromatic heterocycles. The lowest BCUT2D eigenvalue weighted by molar-refractivity contribution is -0.00474. The van der Waals surface area contributed by atoms with E-state index in [0.29, 0.717) is 45.5 Å². The van der Waals surface area contributed by atoms with E-state index in [0.717, 1.165) is 61.8 Å². The van der Waals surface area contributed by atoms with Gasteiger partial charge in [0.05, 0.1) is 44.8 Å². The predicted octanol–water partition coefficient (Wildman–Crippen LogP) is 2.93. The van der Waals surface area contributed by atoms with Gasteiger partial charge in [-0.05, 0) is 54.3 Å². The SMILES string of the molecule is COCCCN1CCOc2ccc(CO[C@H]3CNC[C@H](CN)[C@@H]3c3ccc(COCCOC)cc3)cc21. The Morgan fingerprint density at radius 3 is 2.57 bits per heavy atom. The maximum atomic E-state index is 6.58. The number of rotatable bonds is 14. The number of methoxy groups -OCH3 is 2. The van der Waals surface area contributed by atoms with Gasteiger partial charge in [-0.2, -0.15) is 0 Å². The number of fused-ring (bicyclic) bond motifs is 1. The van der Waals surface area contributed by atoms with Crippen molar-refractivity contribution in [1.29, 1.82) is 0 Å². The molecule has 37 heavy (non-hydrogen) atoms. The van der Waals surface area contributed by atoms with Crippen LogP contribution in [-0.4, -0.2) is 79.5 Å². The number of nitrogens with two attached hydrogens (primary N) is 1. The van der Waals surface area contributed by atoms with Crippen molar-refractivity contribution < 1.29 is 23.7 Å². The molecular weight excluding hydrogens is 470 g/mol. The number of ether oxygens (including phenoxy) is 5. The van der Waals surface area contributed by atoms with Crippen LogP contribution in [0.2, 0.25) is 0 Å². The Kier molecular flexibility index (Phi) is 11.0. The first kappa shape index (κ1) is 27.8. The number of nitrogens with one attached hydrogen (secondary N) is 1. The maximum absolute atomic E-state index is 6.58. The lowest BCUT2D eigenvalue weighted by atomic mass is 9.79. The summed E-state index contributed by atoms with van der Waals surface area (Å²) in [5, 5.41) is 3.53. The molecule has 4 rings (SSSR count). The van der Waals surface area contributed by atoms with Crippen molar-refractivity contribution in [3.05, 3.63) is 59.2 Å². The second-order valence-corrected chi connectivity index (χ2v) is 9.80. The smallest absolute Gasteiger partial charge is 0.142 e. The van der Waals surface area contributed by atoms with E-state index in [1.165, 1.54) is 5.56 Å². The summed E-state index contributed by atoms with van der Waals surface area (Å²) in [4.78, 5) is 2.39. The van der Waals surface area contributed by atoms with Crippen LogP contribution in [0.5, 0.6) is 5.75 Å². The van der Waals surface area contributed by atoms with Crippen molar-refractivity contribution in [2.75, 3.05) is 78.3 Å². The number of hydrogen-bond acceptors (Lipinski definition) is 8. The van der Waals surface area contributed by atoms with E-state index in [1.807, 2.05) is 0 Å². The molecule has 0 radical (unpaired) electrons. The van der Waals surface area contributed by atoms with E-state index in [9.17, 15) is 0 Å². The van der Waals surface area contributed by atoms with Crippen molar-refractivity contribution in [1.82, 2.24) is 5.32 Å². The summed E-state index contributed by atoms with van der Waals surface area (Å²) in [5.41, 5.74) is 10.9. The van der Waals surface area contributed by atoms with Crippen molar-refractivity contribution in [3.8, 4) is 5.75 Å². The Morgan fingerprint density at radius 1 is 0.973 bits per heavy atom. The minimum absolute atomic E-state index is 0.0381. The van der Waals surface area contributed by atoms with E-state index in [1.54, 1.807) is 14.2 Å². The Bertz CT molecular complexity index is 942. The summed E-state index contributed by atoms with van der Waals surface area (Å²) in [5.74, 6) is 1.50. The molecule has 1 saturated heterocycles. The highest BCUT2D eigenvalue weighted by Crippen LogP contribution is 2.35. The van der Waals surface area contributed by atoms with Crippen LogP contribution >= 0.6 is 0 Å². The van der Waals surface area contributed by atoms with Crippen LogP contribution in [0.15, 0.2) is 42.5 Å². The normalized spacial score (nSPS) is 21.5. The molecule has 1 fully saturated rings. The van der Waals surface area contributed by atoms with Crippen molar-refractivity contribution in [2.45, 2.75) is 31.7 Å². The van der Waals surface area contributed by atoms with Crippen molar-refractivity contribution in [2.24, 2.45) is 11.7 Å². The van der Waals surface area contributed by atoms with Gasteiger partial charge < -0.3 is 39.6 Å². The summed E-state index contributed by atoms with van der Waals surface area (Å²) < 4.78 is 28.5. The van der Waals surface area contributed by atoms with E-state index in [4.69, 9.17) is 29.4 Å². The van der Waals surface area contributed by atoms with Gasteiger partial charge in [-0.25, -0.2) is 0 Å². The molecule has 0 amide bonds. The van der Waals surface area contributed by atoms with Crippen LogP contribution in [0.1, 0.15) is 29.0 Å². The van der Waals surface area contributed by atoms with Crippen LogP contribution in [0.4, 0.5) is 5.69 Å². The van der Waals surface area contributed by atoms with E-state index in [-0.39, 0.29) is 12.0 Å². The van der Waals surface area contributed by atoms with Gasteiger partial charge >= 0.3 is 0 Å². The first-order chi connectivity index (χ1) is 18.2. The van der Waals surface area contributed by atoms with Gasteiger partial charge in [0.25, 0.3) is 0 Å². The lowest BCUT2D eigenvalue weighted by Crippen LogP contribution is -2.49. The second kappa shape index (κ2) is 14.7. The summed E-state index contributed by atoms with van der Waals surface area (Å²) in [6, 6.07) is 15.1. The Hall–Kier alpha value is -2.20. The molecule has 2 aliphatic rings. The van der Waals surface area contributed by atoms with Crippen LogP contribution in [0.25, 0.3) is 0 Å². The highest BCUT2D eigenvalue weighted by Gasteiger charge is 2.34. The monoisotopic (exact) mass is 513 g/mol. The molecule has 0 saturated carbocycles. The zero-order chi connectivity index (χ0) is 25.9. The van der Waals surface area contributed by atoms with Gasteiger partial charge in [-0.3, -0.25) is 0 Å². The summed E-state index contributed by atoms with van der Waals surface area (Å²) in [6.45, 7) is 7.97. The third-order valence-corrected chi connectivity index (χ3v) is 7.25. The third kappa shape index (κ3) is 7.66. The van der Waals surface area contributed by atoms with Gasteiger partial charge in [-0.15, -0.1) is 0 Å². The molecule has 2 aliphatic heterocycles. The average molecular weight is 514 g/mol. The summed E-state index contributed by atoms with van der Waals surface area (Å²) in [6.07, 6.45) is 1.03. The quantitative estimate of drug-likeness (QED) is 0.373. The average Bonchev–Trinajstić information content (AvgIpc) is 2.94. The van der Waals surface area contributed by atoms with E-state index in [2.05, 4.69) is 52.7 Å². The maximum Gasteiger partial charge on any atom is 0.142 e. The summed E-state index contributed by atoms with van der Waals surface area (Å²) in [7, 11) is 3.43. The Balaban J connectivity index is 1.41. The molecule has 204 valence electrons. The van der Waals surface area contributed by atoms with Crippen LogP contribution in [0.3, 0.4) is 0 Å². The van der Waals surface area contributed by atoms with Crippen LogP contribution in [-0.2, 0) is 32.2 Å². The highest BCUT2D eigenvalue weighted by molar-refractivity contribution is 5.61. The molecular formula is C29H43N3O5. The zero-order valence-electron chi connectivity index (χ0n) is 22.3. The van der Waals surface area contributed by atoms with Crippen LogP contribution in [0, 0.1) is 5.92 Å². The first-order valence-corrected chi connectivity index (χ1v) is 13.4. The largest absolute Gasteiger partial charge is 0.490 e. The standard InChI is InChI=1S/C29H43N3O5/c1-33-12-3-10-32-11-13-36-27-9-6-23(16-26(27)32)21-37-28-19-31-18-25(17-30)29(28)24-7-4-22(5-8-24)20-35-15-14-34-2/h4-9,16,25,28-29,31H,3,10-15,17-21,30H2,1-2H3/t25-,28-,29-/m0/s1. The molecule has 0 spiro atoms. The van der Waals surface area contributed by atoms with Crippen LogP contribution < -0.4 is 20.7 Å². The number of hydrogen-bond donors (Lipinski definition) is 2. The van der Waals surface area contributed by atoms with Crippen molar-refractivity contribution in [3.63, 3.8) is 0 Å². The molecule has 2 aromatic carbocycles. The van der Waals surface area contributed by atoms with E-state index < -0.39 is 0 Å². The van der Waals surface area contributed by atoms with Crippen molar-refractivity contribution >= 4 is 5.69 Å². The molecule has 2 heterocycles. The fraction of sp³-hybridized carbons (Fsp3) is 0.586. The molecule has 8 heteroatoms. The van der Waals surface area contributed by atoms with Gasteiger partial charge in [0.15, 0.2) is 0 Å². The van der Waals surface area contributed by atoms with Gasteiger partial charge in [0.2, 0.25) is 0 Å². The van der Waals surface area contributed by atoms with Gasteiger partial charge in [0.1, 0.15) is 12.4 Å². The molecule has 2 aromatic rings. The molecule has 0 bridgehead atoms. The highest BCUT2D eigenvalue weighted by atomic mass is 16.5. The Morgan fingerprint density at radius 2 is 1.78 bits per heavy atom. The number of nitrogens with zero attached hydrogens (tertiary/aromatic N) is 1. The molecule has 0 unspecified atom stereocenters. The first-order valence-electron chi connectivity index (χ1n) is 13.4. The number of piperidine rings is 1. The zero-order valence-corrected chi connectivity index (χ0v) is 22.3. The molecule has 0 aliphatic carbocycles. The molecule has 3 N–H and O–H groups in total. The fourth-order valence-corrected chi connectivity index (χ4v) is 5.26. The minimum Gasteiger partial charge on any atom is -0.490 e. The number of anilines is 1. The van der Waals surface area contributed by atoms with Gasteiger partial charge in [-0.1, -0.05) is 30.3 Å². The van der Waals surface area contributed by atoms with Gasteiger partial charge in [0, 0.05) is 39.8 Å². The molecule has 3 atom stereocenters. The third-order valence-electron chi connectivity index (χ3n) is 7.25. The molecule has 8 nitrogen and oxygen atoms in total. The topological polar surface area (TPSA) is 87.4 Å². The Labute approximate surface area is 221 Å². The number of benzene rings is 2. The summed E-state index contributed by atoms with van der Waals surface area (Å²) >= 11 is 0. The second-order valence-electron chi connectivity index (χ2n) is 9.80. The van der Waals surface area contributed by atoms with E-state index >= 15 is 0 Å². The fourth-order valence-electron chi connectivity index (χ4n) is 5.26. The lowest BCUT2D eigenvalue weighted by Gasteiger charge is -2.38.